The van der Waals surface area contributed by atoms with Crippen LogP contribution < -0.4 is 5.73 Å². The largest absolute Gasteiger partial charge is 0.327 e. The molecule has 3 heteroatoms. The van der Waals surface area contributed by atoms with Crippen molar-refractivity contribution in [1.29, 1.82) is 0 Å². The topological polar surface area (TPSA) is 26.0 Å². The number of hydrogen-bond acceptors (Lipinski definition) is 1. The highest BCUT2D eigenvalue weighted by atomic mass is 19.3. The molecule has 0 aromatic carbocycles. The summed E-state index contributed by atoms with van der Waals surface area (Å²) >= 11 is 0. The highest BCUT2D eigenvalue weighted by Gasteiger charge is 2.49. The van der Waals surface area contributed by atoms with E-state index in [1.807, 2.05) is 0 Å². The Morgan fingerprint density at radius 1 is 1.36 bits per heavy atom. The molecule has 2 N–H and O–H groups in total. The van der Waals surface area contributed by atoms with Crippen molar-refractivity contribution in [2.45, 2.75) is 57.4 Å². The molecule has 2 aliphatic rings. The quantitative estimate of drug-likeness (QED) is 0.749. The molecule has 0 amide bonds. The summed E-state index contributed by atoms with van der Waals surface area (Å²) < 4.78 is 26.6. The minimum Gasteiger partial charge on any atom is -0.327 e. The zero-order valence-electron chi connectivity index (χ0n) is 8.73. The van der Waals surface area contributed by atoms with Crippen LogP contribution in [-0.2, 0) is 0 Å². The van der Waals surface area contributed by atoms with E-state index < -0.39 is 11.8 Å². The number of halogens is 2. The molecule has 0 aromatic heterocycles. The van der Waals surface area contributed by atoms with Gasteiger partial charge in [-0.2, -0.15) is 0 Å². The molecule has 0 bridgehead atoms. The van der Waals surface area contributed by atoms with Crippen LogP contribution in [0.15, 0.2) is 0 Å². The van der Waals surface area contributed by atoms with E-state index in [1.54, 1.807) is 0 Å². The van der Waals surface area contributed by atoms with Crippen LogP contribution in [0.1, 0.15) is 45.4 Å². The Hall–Kier alpha value is -0.180. The van der Waals surface area contributed by atoms with E-state index in [-0.39, 0.29) is 17.9 Å². The lowest BCUT2D eigenvalue weighted by atomic mass is 9.88. The standard InChI is InChI=1S/C11H19F2N/c1-10(5-6-10)9(14)7-8-3-2-4-11(8,12)13/h8-9H,2-7,14H2,1H3. The fourth-order valence-corrected chi connectivity index (χ4v) is 2.45. The fraction of sp³-hybridized carbons (Fsp3) is 1.00. The Morgan fingerprint density at radius 2 is 2.00 bits per heavy atom. The van der Waals surface area contributed by atoms with Gasteiger partial charge in [0.2, 0.25) is 0 Å². The Morgan fingerprint density at radius 3 is 2.43 bits per heavy atom. The third kappa shape index (κ3) is 1.79. The van der Waals surface area contributed by atoms with Crippen molar-refractivity contribution in [2.24, 2.45) is 17.1 Å². The van der Waals surface area contributed by atoms with E-state index in [1.165, 1.54) is 0 Å². The molecule has 82 valence electrons. The Kier molecular flexibility index (Phi) is 2.33. The zero-order chi connectivity index (χ0) is 10.4. The highest BCUT2D eigenvalue weighted by molar-refractivity contribution is 4.99. The van der Waals surface area contributed by atoms with Crippen molar-refractivity contribution in [3.8, 4) is 0 Å². The van der Waals surface area contributed by atoms with Gasteiger partial charge in [-0.15, -0.1) is 0 Å². The summed E-state index contributed by atoms with van der Waals surface area (Å²) in [4.78, 5) is 0. The molecule has 14 heavy (non-hydrogen) atoms. The predicted octanol–water partition coefficient (Wildman–Crippen LogP) is 2.94. The average Bonchev–Trinajstić information content (AvgIpc) is 2.75. The molecule has 0 aromatic rings. The fourth-order valence-electron chi connectivity index (χ4n) is 2.45. The third-order valence-corrected chi connectivity index (χ3v) is 4.13. The van der Waals surface area contributed by atoms with Gasteiger partial charge in [0, 0.05) is 18.4 Å². The molecule has 2 atom stereocenters. The number of rotatable bonds is 3. The molecule has 2 rings (SSSR count). The molecule has 0 heterocycles. The molecular weight excluding hydrogens is 184 g/mol. The van der Waals surface area contributed by atoms with Gasteiger partial charge in [-0.1, -0.05) is 6.92 Å². The first-order valence-corrected chi connectivity index (χ1v) is 5.57. The molecule has 0 saturated heterocycles. The van der Waals surface area contributed by atoms with Crippen LogP contribution in [0.5, 0.6) is 0 Å². The van der Waals surface area contributed by atoms with Crippen molar-refractivity contribution in [3.05, 3.63) is 0 Å². The van der Waals surface area contributed by atoms with Crippen molar-refractivity contribution in [2.75, 3.05) is 0 Å². The molecule has 1 nitrogen and oxygen atoms in total. The van der Waals surface area contributed by atoms with Crippen LogP contribution in [0, 0.1) is 11.3 Å². The molecule has 2 saturated carbocycles. The summed E-state index contributed by atoms with van der Waals surface area (Å²) in [5.41, 5.74) is 6.16. The van der Waals surface area contributed by atoms with Crippen LogP contribution in [-0.4, -0.2) is 12.0 Å². The number of hydrogen-bond donors (Lipinski definition) is 1. The molecule has 0 aliphatic heterocycles. The molecule has 2 aliphatic carbocycles. The predicted molar refractivity (Wildman–Crippen MR) is 52.2 cm³/mol. The van der Waals surface area contributed by atoms with Gasteiger partial charge in [0.25, 0.3) is 5.92 Å². The summed E-state index contributed by atoms with van der Waals surface area (Å²) in [7, 11) is 0. The zero-order valence-corrected chi connectivity index (χ0v) is 8.73. The lowest BCUT2D eigenvalue weighted by Crippen LogP contribution is -2.35. The summed E-state index contributed by atoms with van der Waals surface area (Å²) in [5.74, 6) is -2.89. The average molecular weight is 203 g/mol. The van der Waals surface area contributed by atoms with Crippen LogP contribution in [0.3, 0.4) is 0 Å². The highest BCUT2D eigenvalue weighted by Crippen LogP contribution is 2.51. The lowest BCUT2D eigenvalue weighted by Gasteiger charge is -2.26. The molecule has 2 fully saturated rings. The van der Waals surface area contributed by atoms with E-state index in [4.69, 9.17) is 5.73 Å². The molecular formula is C11H19F2N. The first-order valence-electron chi connectivity index (χ1n) is 5.57. The van der Waals surface area contributed by atoms with Crippen LogP contribution in [0.2, 0.25) is 0 Å². The first kappa shape index (κ1) is 10.3. The van der Waals surface area contributed by atoms with E-state index in [2.05, 4.69) is 6.92 Å². The van der Waals surface area contributed by atoms with Gasteiger partial charge in [-0.3, -0.25) is 0 Å². The van der Waals surface area contributed by atoms with Crippen molar-refractivity contribution < 1.29 is 8.78 Å². The second-order valence-electron chi connectivity index (χ2n) is 5.35. The van der Waals surface area contributed by atoms with E-state index >= 15 is 0 Å². The normalized spacial score (nSPS) is 35.6. The van der Waals surface area contributed by atoms with Crippen molar-refractivity contribution in [3.63, 3.8) is 0 Å². The van der Waals surface area contributed by atoms with Crippen molar-refractivity contribution >= 4 is 0 Å². The summed E-state index contributed by atoms with van der Waals surface area (Å²) in [6, 6.07) is -0.0172. The maximum atomic E-state index is 13.3. The Labute approximate surface area is 84.0 Å². The maximum absolute atomic E-state index is 13.3. The SMILES string of the molecule is CC1(C(N)CC2CCCC2(F)F)CC1. The van der Waals surface area contributed by atoms with Gasteiger partial charge in [0.1, 0.15) is 0 Å². The van der Waals surface area contributed by atoms with Crippen LogP contribution in [0.25, 0.3) is 0 Å². The lowest BCUT2D eigenvalue weighted by molar-refractivity contribution is -0.0431. The summed E-state index contributed by atoms with van der Waals surface area (Å²) in [5, 5.41) is 0. The third-order valence-electron chi connectivity index (χ3n) is 4.13. The summed E-state index contributed by atoms with van der Waals surface area (Å²) in [6.45, 7) is 2.12. The minimum absolute atomic E-state index is 0.0172. The van der Waals surface area contributed by atoms with E-state index in [0.29, 0.717) is 19.3 Å². The molecule has 0 radical (unpaired) electrons. The van der Waals surface area contributed by atoms with Gasteiger partial charge < -0.3 is 5.73 Å². The van der Waals surface area contributed by atoms with E-state index in [9.17, 15) is 8.78 Å². The minimum atomic E-state index is -2.44. The second kappa shape index (κ2) is 3.16. The first-order chi connectivity index (χ1) is 6.44. The van der Waals surface area contributed by atoms with Gasteiger partial charge >= 0.3 is 0 Å². The van der Waals surface area contributed by atoms with Crippen LogP contribution in [0.4, 0.5) is 8.78 Å². The molecule has 0 spiro atoms. The second-order valence-corrected chi connectivity index (χ2v) is 5.35. The number of nitrogens with two attached hydrogens (primary N) is 1. The Bertz CT molecular complexity index is 223. The summed E-state index contributed by atoms with van der Waals surface area (Å²) in [6.07, 6.45) is 4.15. The monoisotopic (exact) mass is 203 g/mol. The van der Waals surface area contributed by atoms with Gasteiger partial charge in [-0.25, -0.2) is 8.78 Å². The van der Waals surface area contributed by atoms with Gasteiger partial charge in [-0.05, 0) is 37.5 Å². The smallest absolute Gasteiger partial charge is 0.251 e. The van der Waals surface area contributed by atoms with Crippen LogP contribution >= 0.6 is 0 Å². The van der Waals surface area contributed by atoms with Gasteiger partial charge in [0.15, 0.2) is 0 Å². The van der Waals surface area contributed by atoms with Gasteiger partial charge in [0.05, 0.1) is 0 Å². The van der Waals surface area contributed by atoms with Crippen molar-refractivity contribution in [1.82, 2.24) is 0 Å². The number of alkyl halides is 2. The molecule has 2 unspecified atom stereocenters. The maximum Gasteiger partial charge on any atom is 0.251 e. The Balaban J connectivity index is 1.91. The van der Waals surface area contributed by atoms with E-state index in [0.717, 1.165) is 12.8 Å².